The molecule has 0 aromatic heterocycles. The number of esters is 2. The Balaban J connectivity index is 0.00000142. The minimum Gasteiger partial charge on any atom is -0.466 e. The van der Waals surface area contributed by atoms with Crippen molar-refractivity contribution in [1.82, 2.24) is 0 Å². The number of aryl methyl sites for hydroxylation is 1. The summed E-state index contributed by atoms with van der Waals surface area (Å²) in [5.41, 5.74) is 2.80. The molecule has 0 radical (unpaired) electrons. The fraction of sp³-hybridized carbons (Fsp3) is 0.600. The van der Waals surface area contributed by atoms with Crippen LogP contribution in [-0.2, 0) is 30.2 Å². The van der Waals surface area contributed by atoms with Gasteiger partial charge in [-0.05, 0) is 116 Å². The summed E-state index contributed by atoms with van der Waals surface area (Å²) in [5, 5.41) is 19.5. The van der Waals surface area contributed by atoms with Crippen molar-refractivity contribution in [3.63, 3.8) is 0 Å². The number of benzene rings is 2. The molecule has 0 spiro atoms. The zero-order valence-electron chi connectivity index (χ0n) is 28.8. The molecule has 7 heteroatoms. The Morgan fingerprint density at radius 1 is 0.936 bits per heavy atom. The number of ether oxygens (including phenoxy) is 3. The maximum atomic E-state index is 11.9. The van der Waals surface area contributed by atoms with Gasteiger partial charge in [0.1, 0.15) is 0 Å². The van der Waals surface area contributed by atoms with E-state index in [2.05, 4.69) is 56.5 Å². The number of fused-ring (bicyclic) bond motifs is 1. The van der Waals surface area contributed by atoms with Crippen molar-refractivity contribution in [3.05, 3.63) is 72.3 Å². The number of rotatable bonds is 16. The molecule has 1 saturated heterocycles. The van der Waals surface area contributed by atoms with Crippen molar-refractivity contribution in [2.75, 3.05) is 33.0 Å². The van der Waals surface area contributed by atoms with Crippen LogP contribution in [0.25, 0.3) is 10.8 Å². The van der Waals surface area contributed by atoms with Gasteiger partial charge in [-0.3, -0.25) is 4.79 Å². The lowest BCUT2D eigenvalue weighted by atomic mass is 9.69. The summed E-state index contributed by atoms with van der Waals surface area (Å²) in [6.07, 6.45) is 15.0. The second kappa shape index (κ2) is 21.1. The number of hydrogen-bond acceptors (Lipinski definition) is 7. The van der Waals surface area contributed by atoms with E-state index in [0.717, 1.165) is 45.1 Å². The second-order valence-electron chi connectivity index (χ2n) is 13.3. The maximum absolute atomic E-state index is 11.9. The van der Waals surface area contributed by atoms with Gasteiger partial charge in [0.25, 0.3) is 0 Å². The number of unbranched alkanes of at least 4 members (excludes halogenated alkanes) is 2. The van der Waals surface area contributed by atoms with Gasteiger partial charge in [-0.1, -0.05) is 62.8 Å². The minimum absolute atomic E-state index is 0.0706. The predicted octanol–water partition coefficient (Wildman–Crippen LogP) is 8.06. The van der Waals surface area contributed by atoms with Crippen molar-refractivity contribution >= 4 is 22.7 Å². The van der Waals surface area contributed by atoms with E-state index in [4.69, 9.17) is 24.4 Å². The molecule has 1 aliphatic carbocycles. The van der Waals surface area contributed by atoms with E-state index in [1.54, 1.807) is 0 Å². The molecule has 3 unspecified atom stereocenters. The highest BCUT2D eigenvalue weighted by molar-refractivity contribution is 5.87. The smallest absolute Gasteiger partial charge is 0.335 e. The van der Waals surface area contributed by atoms with E-state index in [-0.39, 0.29) is 30.9 Å². The maximum Gasteiger partial charge on any atom is 0.335 e. The predicted molar refractivity (Wildman–Crippen MR) is 188 cm³/mol. The largest absolute Gasteiger partial charge is 0.466 e. The van der Waals surface area contributed by atoms with Gasteiger partial charge in [0.15, 0.2) is 0 Å². The summed E-state index contributed by atoms with van der Waals surface area (Å²) in [7, 11) is 0. The third-order valence-corrected chi connectivity index (χ3v) is 9.95. The zero-order chi connectivity index (χ0) is 34.0. The van der Waals surface area contributed by atoms with Crippen LogP contribution >= 0.6 is 0 Å². The molecule has 7 nitrogen and oxygen atoms in total. The first-order chi connectivity index (χ1) is 22.8. The Kier molecular flexibility index (Phi) is 17.2. The van der Waals surface area contributed by atoms with E-state index in [1.165, 1.54) is 73.4 Å². The van der Waals surface area contributed by atoms with Crippen LogP contribution in [0.5, 0.6) is 0 Å². The number of hydrogen-bond donors (Lipinski definition) is 2. The number of aliphatic hydroxyl groups is 2. The van der Waals surface area contributed by atoms with Gasteiger partial charge in [0.2, 0.25) is 0 Å². The Morgan fingerprint density at radius 3 is 2.21 bits per heavy atom. The Bertz CT molecular complexity index is 1250. The summed E-state index contributed by atoms with van der Waals surface area (Å²) in [6.45, 7) is 11.6. The standard InChI is InChI=1S/C37H52O6.C3H6O/c1-4-5-6-7-28-8-9-33-23-34(15-14-32(33)22-28)36-17-16-35(25-43-36)30-12-10-29(11-13-30)31(18-20-41-27(3)39)19-21-42-37(40)26(2)24-38;1-2-3-4/h8-9,14-15,22-23,29-31,35-36,38H,2,4-7,10-13,16-21,24-25H2,1,3H3;2,4H,1,3H2. The zero-order valence-corrected chi connectivity index (χ0v) is 28.8. The highest BCUT2D eigenvalue weighted by Crippen LogP contribution is 2.43. The van der Waals surface area contributed by atoms with Gasteiger partial charge in [-0.25, -0.2) is 4.79 Å². The highest BCUT2D eigenvalue weighted by Gasteiger charge is 2.34. The first-order valence-electron chi connectivity index (χ1n) is 17.7. The molecule has 47 heavy (non-hydrogen) atoms. The number of carbonyl (C=O) groups excluding carboxylic acids is 2. The Hall–Kier alpha value is -3.00. The summed E-state index contributed by atoms with van der Waals surface area (Å²) in [4.78, 5) is 23.2. The summed E-state index contributed by atoms with van der Waals surface area (Å²) in [6, 6.07) is 13.8. The molecule has 1 aliphatic heterocycles. The lowest BCUT2D eigenvalue weighted by Gasteiger charge is -2.40. The normalized spacial score (nSPS) is 21.6. The number of aliphatic hydroxyl groups excluding tert-OH is 2. The SMILES string of the molecule is C=C(CO)C(=O)OCCC(CCOC(C)=O)C1CCC(C2CCC(c3ccc4cc(CCCCC)ccc4c3)OC2)CC1.C=CCO. The van der Waals surface area contributed by atoms with Crippen LogP contribution in [-0.4, -0.2) is 55.2 Å². The third-order valence-electron chi connectivity index (χ3n) is 9.95. The second-order valence-corrected chi connectivity index (χ2v) is 13.3. The molecule has 1 saturated carbocycles. The lowest BCUT2D eigenvalue weighted by molar-refractivity contribution is -0.141. The third kappa shape index (κ3) is 12.9. The average Bonchev–Trinajstić information content (AvgIpc) is 3.10. The van der Waals surface area contributed by atoms with Crippen molar-refractivity contribution in [1.29, 1.82) is 0 Å². The van der Waals surface area contributed by atoms with Crippen molar-refractivity contribution < 1.29 is 34.0 Å². The van der Waals surface area contributed by atoms with Crippen LogP contribution in [0.2, 0.25) is 0 Å². The van der Waals surface area contributed by atoms with Crippen molar-refractivity contribution in [3.8, 4) is 0 Å². The van der Waals surface area contributed by atoms with E-state index < -0.39 is 12.6 Å². The first kappa shape index (κ1) is 38.4. The van der Waals surface area contributed by atoms with Gasteiger partial charge < -0.3 is 24.4 Å². The van der Waals surface area contributed by atoms with Crippen LogP contribution < -0.4 is 0 Å². The fourth-order valence-corrected chi connectivity index (χ4v) is 7.18. The van der Waals surface area contributed by atoms with Gasteiger partial charge in [0.05, 0.1) is 44.7 Å². The molecule has 1 heterocycles. The van der Waals surface area contributed by atoms with Crippen LogP contribution in [0.3, 0.4) is 0 Å². The summed E-state index contributed by atoms with van der Waals surface area (Å²) in [5.74, 6) is 1.32. The minimum atomic E-state index is -0.545. The van der Waals surface area contributed by atoms with Gasteiger partial charge >= 0.3 is 11.9 Å². The van der Waals surface area contributed by atoms with Crippen LogP contribution in [0.15, 0.2) is 61.2 Å². The molecule has 2 aromatic rings. The van der Waals surface area contributed by atoms with Crippen molar-refractivity contribution in [2.45, 2.75) is 97.0 Å². The quantitative estimate of drug-likeness (QED) is 0.0820. The highest BCUT2D eigenvalue weighted by atomic mass is 16.5. The van der Waals surface area contributed by atoms with E-state index in [1.807, 2.05) is 0 Å². The van der Waals surface area contributed by atoms with E-state index in [9.17, 15) is 9.59 Å². The van der Waals surface area contributed by atoms with Crippen LogP contribution in [0.1, 0.15) is 102 Å². The number of carbonyl (C=O) groups is 2. The first-order valence-corrected chi connectivity index (χ1v) is 17.7. The fourth-order valence-electron chi connectivity index (χ4n) is 7.18. The van der Waals surface area contributed by atoms with E-state index >= 15 is 0 Å². The molecule has 4 rings (SSSR count). The van der Waals surface area contributed by atoms with Crippen LogP contribution in [0.4, 0.5) is 0 Å². The van der Waals surface area contributed by atoms with Gasteiger partial charge in [-0.2, -0.15) is 0 Å². The molecule has 2 aromatic carbocycles. The molecule has 2 aliphatic rings. The Labute approximate surface area is 282 Å². The lowest BCUT2D eigenvalue weighted by Crippen LogP contribution is -2.32. The molecule has 2 N–H and O–H groups in total. The molecular formula is C40H58O7. The average molecular weight is 651 g/mol. The topological polar surface area (TPSA) is 102 Å². The summed E-state index contributed by atoms with van der Waals surface area (Å²) >= 11 is 0. The molecule has 260 valence electrons. The van der Waals surface area contributed by atoms with Crippen molar-refractivity contribution in [2.24, 2.45) is 23.7 Å². The molecule has 3 atom stereocenters. The van der Waals surface area contributed by atoms with Gasteiger partial charge in [-0.15, -0.1) is 6.58 Å². The summed E-state index contributed by atoms with van der Waals surface area (Å²) < 4.78 is 17.1. The molecule has 0 amide bonds. The molecule has 0 bridgehead atoms. The van der Waals surface area contributed by atoms with E-state index in [0.29, 0.717) is 30.3 Å². The molecular weight excluding hydrogens is 592 g/mol. The van der Waals surface area contributed by atoms with Gasteiger partial charge in [0, 0.05) is 6.92 Å². The molecule has 2 fully saturated rings. The monoisotopic (exact) mass is 650 g/mol. The Morgan fingerprint density at radius 2 is 1.60 bits per heavy atom. The van der Waals surface area contributed by atoms with Crippen LogP contribution in [0, 0.1) is 23.7 Å².